The van der Waals surface area contributed by atoms with Crippen LogP contribution in [0.15, 0.2) is 11.6 Å². The largest absolute Gasteiger partial charge is 0.462 e. The Kier molecular flexibility index (Phi) is 7.35. The Bertz CT molecular complexity index is 789. The third kappa shape index (κ3) is 4.29. The van der Waals surface area contributed by atoms with Crippen LogP contribution in [0.5, 0.6) is 0 Å². The number of carbonyl (C=O) groups excluding carboxylic acids is 1. The van der Waals surface area contributed by atoms with Crippen LogP contribution in [0.1, 0.15) is 99.8 Å². The van der Waals surface area contributed by atoms with Gasteiger partial charge in [0.25, 0.3) is 0 Å². The summed E-state index contributed by atoms with van der Waals surface area (Å²) in [7, 11) is 0. The summed E-state index contributed by atoms with van der Waals surface area (Å²) < 4.78 is 6.20. The fourth-order valence-corrected chi connectivity index (χ4v) is 9.12. The molecule has 4 rings (SSSR count). The number of rotatable bonds is 6. The van der Waals surface area contributed by atoms with Crippen molar-refractivity contribution in [3.05, 3.63) is 11.6 Å². The molecular weight excluding hydrogens is 424 g/mol. The summed E-state index contributed by atoms with van der Waals surface area (Å²) in [6, 6.07) is 0. The van der Waals surface area contributed by atoms with Gasteiger partial charge in [0.2, 0.25) is 0 Å². The van der Waals surface area contributed by atoms with Crippen molar-refractivity contribution >= 4 is 5.97 Å². The van der Waals surface area contributed by atoms with Gasteiger partial charge in [0, 0.05) is 12.3 Å². The van der Waals surface area contributed by atoms with E-state index in [-0.39, 0.29) is 41.0 Å². The van der Waals surface area contributed by atoms with Crippen LogP contribution in [-0.4, -0.2) is 34.5 Å². The summed E-state index contributed by atoms with van der Waals surface area (Å²) in [6.45, 7) is 15.3. The van der Waals surface area contributed by atoms with Crippen molar-refractivity contribution in [2.24, 2.45) is 52.3 Å². The number of hydrogen-bond acceptors (Lipinski definition) is 4. The number of fused-ring (bicyclic) bond motifs is 5. The second kappa shape index (κ2) is 9.54. The molecule has 0 heterocycles. The van der Waals surface area contributed by atoms with Crippen LogP contribution in [0.3, 0.4) is 0 Å². The Hall–Kier alpha value is -0.870. The first-order chi connectivity index (χ1) is 15.9. The Balaban J connectivity index is 1.63. The van der Waals surface area contributed by atoms with E-state index in [0.717, 1.165) is 44.9 Å². The van der Waals surface area contributed by atoms with Gasteiger partial charge in [-0.2, -0.15) is 0 Å². The average Bonchev–Trinajstić information content (AvgIpc) is 3.12. The number of carbonyl (C=O) groups is 1. The number of allylic oxidation sites excluding steroid dienone is 1. The van der Waals surface area contributed by atoms with Crippen molar-refractivity contribution in [1.29, 1.82) is 0 Å². The SMILES string of the molecule is CC(=O)OC1CC2C(CC=C3CC(O)CCC32C)C2CCC(C(C)CC(O)C(C)C(C)C)C12C. The molecule has 3 fully saturated rings. The maximum absolute atomic E-state index is 12.3. The first-order valence-electron chi connectivity index (χ1n) is 14.1. The minimum Gasteiger partial charge on any atom is -0.462 e. The van der Waals surface area contributed by atoms with Crippen molar-refractivity contribution in [1.82, 2.24) is 0 Å². The smallest absolute Gasteiger partial charge is 0.302 e. The lowest BCUT2D eigenvalue weighted by Gasteiger charge is -2.60. The number of aliphatic hydroxyl groups excluding tert-OH is 2. The molecule has 11 atom stereocenters. The zero-order valence-corrected chi connectivity index (χ0v) is 22.7. The standard InChI is InChI=1S/C30H50O4/c1-17(2)19(4)27(33)14-18(3)24-10-11-25-23-9-8-21-15-22(32)12-13-29(21,6)26(23)16-28(30(24,25)7)34-20(5)31/h8,17-19,22-28,32-33H,9-16H2,1-7H3. The third-order valence-electron chi connectivity index (χ3n) is 11.5. The summed E-state index contributed by atoms with van der Waals surface area (Å²) in [5, 5.41) is 21.3. The van der Waals surface area contributed by atoms with Crippen molar-refractivity contribution in [3.8, 4) is 0 Å². The van der Waals surface area contributed by atoms with E-state index in [9.17, 15) is 15.0 Å². The highest BCUT2D eigenvalue weighted by atomic mass is 16.5. The molecule has 4 aliphatic carbocycles. The average molecular weight is 475 g/mol. The van der Waals surface area contributed by atoms with E-state index in [4.69, 9.17) is 4.74 Å². The Morgan fingerprint density at radius 3 is 2.50 bits per heavy atom. The Labute approximate surface area is 207 Å². The monoisotopic (exact) mass is 474 g/mol. The molecule has 3 saturated carbocycles. The molecule has 0 saturated heterocycles. The number of esters is 1. The van der Waals surface area contributed by atoms with E-state index in [1.807, 2.05) is 0 Å². The van der Waals surface area contributed by atoms with Crippen molar-refractivity contribution in [2.75, 3.05) is 0 Å². The van der Waals surface area contributed by atoms with Gasteiger partial charge in [-0.3, -0.25) is 4.79 Å². The molecule has 0 spiro atoms. The summed E-state index contributed by atoms with van der Waals surface area (Å²) in [5.74, 6) is 3.14. The van der Waals surface area contributed by atoms with E-state index in [1.165, 1.54) is 12.0 Å². The third-order valence-corrected chi connectivity index (χ3v) is 11.5. The van der Waals surface area contributed by atoms with E-state index >= 15 is 0 Å². The summed E-state index contributed by atoms with van der Waals surface area (Å²) in [4.78, 5) is 12.3. The minimum absolute atomic E-state index is 0.0388. The normalized spacial score (nSPS) is 44.4. The zero-order chi connectivity index (χ0) is 25.0. The number of hydrogen-bond donors (Lipinski definition) is 2. The molecule has 0 bridgehead atoms. The maximum Gasteiger partial charge on any atom is 0.302 e. The van der Waals surface area contributed by atoms with E-state index < -0.39 is 0 Å². The molecule has 0 aromatic rings. The minimum atomic E-state index is -0.283. The highest BCUT2D eigenvalue weighted by Crippen LogP contribution is 2.68. The maximum atomic E-state index is 12.3. The van der Waals surface area contributed by atoms with Gasteiger partial charge < -0.3 is 14.9 Å². The summed E-state index contributed by atoms with van der Waals surface area (Å²) in [5.41, 5.74) is 1.53. The Morgan fingerprint density at radius 2 is 1.85 bits per heavy atom. The molecule has 11 unspecified atom stereocenters. The number of aliphatic hydroxyl groups is 2. The lowest BCUT2D eigenvalue weighted by molar-refractivity contribution is -0.180. The highest BCUT2D eigenvalue weighted by molar-refractivity contribution is 5.66. The van der Waals surface area contributed by atoms with E-state index in [0.29, 0.717) is 35.5 Å². The van der Waals surface area contributed by atoms with Crippen LogP contribution in [0, 0.1) is 52.3 Å². The quantitative estimate of drug-likeness (QED) is 0.358. The lowest BCUT2D eigenvalue weighted by atomic mass is 9.46. The molecule has 34 heavy (non-hydrogen) atoms. The fraction of sp³-hybridized carbons (Fsp3) is 0.900. The molecule has 194 valence electrons. The summed E-state index contributed by atoms with van der Waals surface area (Å²) >= 11 is 0. The van der Waals surface area contributed by atoms with E-state index in [1.54, 1.807) is 6.92 Å². The van der Waals surface area contributed by atoms with Crippen LogP contribution in [-0.2, 0) is 9.53 Å². The van der Waals surface area contributed by atoms with Crippen molar-refractivity contribution in [2.45, 2.75) is 118 Å². The van der Waals surface area contributed by atoms with Gasteiger partial charge in [-0.05, 0) is 98.2 Å². The van der Waals surface area contributed by atoms with Gasteiger partial charge in [-0.1, -0.05) is 53.2 Å². The van der Waals surface area contributed by atoms with Gasteiger partial charge in [0.15, 0.2) is 0 Å². The van der Waals surface area contributed by atoms with Crippen LogP contribution in [0.25, 0.3) is 0 Å². The van der Waals surface area contributed by atoms with Crippen LogP contribution in [0.4, 0.5) is 0 Å². The molecule has 0 radical (unpaired) electrons. The molecule has 0 aromatic carbocycles. The molecule has 0 amide bonds. The second-order valence-electron chi connectivity index (χ2n) is 13.4. The number of ether oxygens (including phenoxy) is 1. The molecular formula is C30H50O4. The first kappa shape index (κ1) is 26.2. The van der Waals surface area contributed by atoms with Crippen molar-refractivity contribution < 1.29 is 19.7 Å². The molecule has 0 aromatic heterocycles. The molecule has 4 nitrogen and oxygen atoms in total. The van der Waals surface area contributed by atoms with Crippen LogP contribution < -0.4 is 0 Å². The Morgan fingerprint density at radius 1 is 1.15 bits per heavy atom. The second-order valence-corrected chi connectivity index (χ2v) is 13.4. The molecule has 0 aliphatic heterocycles. The van der Waals surface area contributed by atoms with Gasteiger partial charge in [-0.25, -0.2) is 0 Å². The zero-order valence-electron chi connectivity index (χ0n) is 22.7. The predicted octanol–water partition coefficient (Wildman–Crippen LogP) is 6.15. The topological polar surface area (TPSA) is 66.8 Å². The fourth-order valence-electron chi connectivity index (χ4n) is 9.12. The molecule has 2 N–H and O–H groups in total. The molecule has 4 aliphatic rings. The predicted molar refractivity (Wildman–Crippen MR) is 136 cm³/mol. The van der Waals surface area contributed by atoms with Crippen molar-refractivity contribution in [3.63, 3.8) is 0 Å². The van der Waals surface area contributed by atoms with Gasteiger partial charge in [-0.15, -0.1) is 0 Å². The van der Waals surface area contributed by atoms with Gasteiger partial charge in [0.05, 0.1) is 12.2 Å². The van der Waals surface area contributed by atoms with Gasteiger partial charge in [0.1, 0.15) is 6.10 Å². The summed E-state index contributed by atoms with van der Waals surface area (Å²) in [6.07, 6.45) is 9.88. The molecule has 4 heteroatoms. The van der Waals surface area contributed by atoms with Gasteiger partial charge >= 0.3 is 5.97 Å². The van der Waals surface area contributed by atoms with E-state index in [2.05, 4.69) is 47.6 Å². The van der Waals surface area contributed by atoms with Crippen LogP contribution >= 0.6 is 0 Å². The highest BCUT2D eigenvalue weighted by Gasteiger charge is 2.64. The first-order valence-corrected chi connectivity index (χ1v) is 14.1. The lowest BCUT2D eigenvalue weighted by Crippen LogP contribution is -2.57. The van der Waals surface area contributed by atoms with Crippen LogP contribution in [0.2, 0.25) is 0 Å².